The summed E-state index contributed by atoms with van der Waals surface area (Å²) >= 11 is 0. The van der Waals surface area contributed by atoms with Gasteiger partial charge in [0, 0.05) is 6.20 Å². The minimum Gasteiger partial charge on any atom is -0.479 e. The highest BCUT2D eigenvalue weighted by molar-refractivity contribution is 5.76. The fourth-order valence-electron chi connectivity index (χ4n) is 5.02. The van der Waals surface area contributed by atoms with Crippen LogP contribution in [0.25, 0.3) is 0 Å². The highest BCUT2D eigenvalue weighted by Crippen LogP contribution is 2.42. The summed E-state index contributed by atoms with van der Waals surface area (Å²) in [7, 11) is 0. The van der Waals surface area contributed by atoms with Crippen molar-refractivity contribution in [1.82, 2.24) is 9.55 Å². The number of rotatable bonds is 9. The number of aliphatic carboxylic acids is 1. The average molecular weight is 528 g/mol. The standard InChI is InChI=1S/C34H29N3O3/c1-33(2,32(38)39)40-31(26-20-18-25(22-35)19-21-26)30-23-37(24-36-30)34(27-12-6-3-7-13-27,28-14-8-4-9-15-28)29-16-10-5-11-17-29/h3-21,23-24,31H,1-2H3,(H,38,39). The molecule has 6 nitrogen and oxygen atoms in total. The molecule has 0 amide bonds. The number of carboxylic acid groups (broad SMARTS) is 1. The summed E-state index contributed by atoms with van der Waals surface area (Å²) in [6.07, 6.45) is 2.91. The van der Waals surface area contributed by atoms with E-state index in [1.165, 1.54) is 13.8 Å². The van der Waals surface area contributed by atoms with E-state index in [0.29, 0.717) is 16.8 Å². The van der Waals surface area contributed by atoms with Crippen molar-refractivity contribution in [2.75, 3.05) is 0 Å². The Balaban J connectivity index is 1.74. The smallest absolute Gasteiger partial charge is 0.335 e. The molecule has 0 saturated carbocycles. The molecule has 198 valence electrons. The van der Waals surface area contributed by atoms with Crippen molar-refractivity contribution >= 4 is 5.97 Å². The van der Waals surface area contributed by atoms with Gasteiger partial charge in [0.25, 0.3) is 0 Å². The molecule has 1 heterocycles. The maximum atomic E-state index is 12.0. The van der Waals surface area contributed by atoms with E-state index in [9.17, 15) is 15.2 Å². The molecule has 0 aliphatic heterocycles. The highest BCUT2D eigenvalue weighted by Gasteiger charge is 2.40. The first-order valence-corrected chi connectivity index (χ1v) is 13.0. The Morgan fingerprint density at radius 2 is 1.30 bits per heavy atom. The van der Waals surface area contributed by atoms with Crippen molar-refractivity contribution in [1.29, 1.82) is 5.26 Å². The molecule has 40 heavy (non-hydrogen) atoms. The van der Waals surface area contributed by atoms with Crippen LogP contribution < -0.4 is 0 Å². The number of nitrogens with zero attached hydrogens (tertiary/aromatic N) is 3. The molecule has 0 saturated heterocycles. The molecular weight excluding hydrogens is 498 g/mol. The fraction of sp³-hybridized carbons (Fsp3) is 0.147. The lowest BCUT2D eigenvalue weighted by Crippen LogP contribution is -2.37. The number of aromatic nitrogens is 2. The Morgan fingerprint density at radius 3 is 1.73 bits per heavy atom. The molecule has 1 unspecified atom stereocenters. The van der Waals surface area contributed by atoms with E-state index in [1.54, 1.807) is 30.6 Å². The molecule has 6 heteroatoms. The van der Waals surface area contributed by atoms with Gasteiger partial charge >= 0.3 is 5.97 Å². The van der Waals surface area contributed by atoms with Crippen LogP contribution in [-0.4, -0.2) is 26.2 Å². The maximum Gasteiger partial charge on any atom is 0.335 e. The van der Waals surface area contributed by atoms with E-state index < -0.39 is 23.2 Å². The lowest BCUT2D eigenvalue weighted by atomic mass is 9.77. The second-order valence-electron chi connectivity index (χ2n) is 10.1. The number of benzene rings is 4. The molecule has 1 atom stereocenters. The molecule has 4 aromatic carbocycles. The van der Waals surface area contributed by atoms with Crippen LogP contribution in [0.4, 0.5) is 0 Å². The van der Waals surface area contributed by atoms with Crippen LogP contribution in [0.5, 0.6) is 0 Å². The number of imidazole rings is 1. The van der Waals surface area contributed by atoms with E-state index in [1.807, 2.05) is 60.8 Å². The summed E-state index contributed by atoms with van der Waals surface area (Å²) in [6, 6.07) is 39.8. The van der Waals surface area contributed by atoms with Gasteiger partial charge in [-0.15, -0.1) is 0 Å². The number of hydrogen-bond donors (Lipinski definition) is 1. The van der Waals surface area contributed by atoms with Gasteiger partial charge in [-0.1, -0.05) is 103 Å². The third kappa shape index (κ3) is 4.91. The van der Waals surface area contributed by atoms with Crippen LogP contribution in [0.15, 0.2) is 128 Å². The molecule has 1 aromatic heterocycles. The molecule has 0 spiro atoms. The predicted molar refractivity (Wildman–Crippen MR) is 153 cm³/mol. The van der Waals surface area contributed by atoms with Gasteiger partial charge in [0.1, 0.15) is 11.6 Å². The molecule has 0 aliphatic rings. The van der Waals surface area contributed by atoms with E-state index in [0.717, 1.165) is 16.7 Å². The lowest BCUT2D eigenvalue weighted by Gasteiger charge is -2.37. The second kappa shape index (κ2) is 11.0. The van der Waals surface area contributed by atoms with Crippen LogP contribution in [-0.2, 0) is 15.1 Å². The molecule has 1 N–H and O–H groups in total. The van der Waals surface area contributed by atoms with Crippen molar-refractivity contribution in [3.63, 3.8) is 0 Å². The van der Waals surface area contributed by atoms with Crippen molar-refractivity contribution in [3.05, 3.63) is 161 Å². The lowest BCUT2D eigenvalue weighted by molar-refractivity contribution is -0.166. The van der Waals surface area contributed by atoms with Crippen LogP contribution in [0, 0.1) is 11.3 Å². The van der Waals surface area contributed by atoms with E-state index >= 15 is 0 Å². The summed E-state index contributed by atoms with van der Waals surface area (Å²) in [5.74, 6) is -1.09. The Morgan fingerprint density at radius 1 is 0.825 bits per heavy atom. The molecule has 5 aromatic rings. The van der Waals surface area contributed by atoms with Gasteiger partial charge in [0.15, 0.2) is 5.60 Å². The van der Waals surface area contributed by atoms with Gasteiger partial charge in [-0.3, -0.25) is 0 Å². The molecule has 0 radical (unpaired) electrons. The van der Waals surface area contributed by atoms with Crippen LogP contribution in [0.2, 0.25) is 0 Å². The Bertz CT molecular complexity index is 1520. The van der Waals surface area contributed by atoms with Gasteiger partial charge in [0.05, 0.1) is 23.7 Å². The molecule has 0 bridgehead atoms. The van der Waals surface area contributed by atoms with Crippen LogP contribution in [0.3, 0.4) is 0 Å². The minimum atomic E-state index is -1.49. The van der Waals surface area contributed by atoms with Crippen LogP contribution in [0.1, 0.15) is 53.5 Å². The summed E-state index contributed by atoms with van der Waals surface area (Å²) < 4.78 is 8.30. The minimum absolute atomic E-state index is 0.502. The largest absolute Gasteiger partial charge is 0.479 e. The molecule has 0 fully saturated rings. The zero-order valence-corrected chi connectivity index (χ0v) is 22.3. The van der Waals surface area contributed by atoms with Gasteiger partial charge in [-0.05, 0) is 48.2 Å². The quantitative estimate of drug-likeness (QED) is 0.219. The van der Waals surface area contributed by atoms with Gasteiger partial charge in [-0.25, -0.2) is 9.78 Å². The van der Waals surface area contributed by atoms with E-state index in [-0.39, 0.29) is 0 Å². The average Bonchev–Trinajstić information content (AvgIpc) is 3.48. The maximum absolute atomic E-state index is 12.0. The van der Waals surface area contributed by atoms with E-state index in [4.69, 9.17) is 9.72 Å². The van der Waals surface area contributed by atoms with Crippen molar-refractivity contribution in [3.8, 4) is 6.07 Å². The third-order valence-electron chi connectivity index (χ3n) is 7.10. The van der Waals surface area contributed by atoms with Gasteiger partial charge < -0.3 is 14.4 Å². The zero-order chi connectivity index (χ0) is 28.2. The Hall–Kier alpha value is -4.99. The summed E-state index contributed by atoms with van der Waals surface area (Å²) in [5, 5.41) is 19.1. The highest BCUT2D eigenvalue weighted by atomic mass is 16.5. The first-order valence-electron chi connectivity index (χ1n) is 13.0. The number of carboxylic acids is 1. The van der Waals surface area contributed by atoms with Crippen molar-refractivity contribution < 1.29 is 14.6 Å². The molecule has 5 rings (SSSR count). The Kier molecular flexibility index (Phi) is 7.33. The van der Waals surface area contributed by atoms with Crippen molar-refractivity contribution in [2.45, 2.75) is 31.1 Å². The molecule has 0 aliphatic carbocycles. The zero-order valence-electron chi connectivity index (χ0n) is 22.3. The number of carbonyl (C=O) groups is 1. The fourth-order valence-corrected chi connectivity index (χ4v) is 5.02. The van der Waals surface area contributed by atoms with Gasteiger partial charge in [-0.2, -0.15) is 5.26 Å². The van der Waals surface area contributed by atoms with Gasteiger partial charge in [0.2, 0.25) is 0 Å². The van der Waals surface area contributed by atoms with Crippen LogP contribution >= 0.6 is 0 Å². The third-order valence-corrected chi connectivity index (χ3v) is 7.10. The normalized spacial score (nSPS) is 12.4. The van der Waals surface area contributed by atoms with E-state index in [2.05, 4.69) is 47.0 Å². The molecular formula is C34H29N3O3. The van der Waals surface area contributed by atoms with Crippen molar-refractivity contribution in [2.24, 2.45) is 0 Å². The first-order chi connectivity index (χ1) is 19.4. The summed E-state index contributed by atoms with van der Waals surface area (Å²) in [6.45, 7) is 3.04. The second-order valence-corrected chi connectivity index (χ2v) is 10.1. The number of hydrogen-bond acceptors (Lipinski definition) is 4. The topological polar surface area (TPSA) is 88.1 Å². The summed E-state index contributed by atoms with van der Waals surface area (Å²) in [4.78, 5) is 16.8. The number of ether oxygens (including phenoxy) is 1. The first kappa shape index (κ1) is 26.6. The predicted octanol–water partition coefficient (Wildman–Crippen LogP) is 6.56. The summed E-state index contributed by atoms with van der Waals surface area (Å²) in [5.41, 5.74) is 2.61. The Labute approximate surface area is 233 Å². The monoisotopic (exact) mass is 527 g/mol. The SMILES string of the molecule is CC(C)(OC(c1ccc(C#N)cc1)c1cn(C(c2ccccc2)(c2ccccc2)c2ccccc2)cn1)C(=O)O. The number of nitriles is 1.